The van der Waals surface area contributed by atoms with E-state index in [2.05, 4.69) is 26.0 Å². The molecule has 0 saturated heterocycles. The molecule has 0 aromatic heterocycles. The smallest absolute Gasteiger partial charge is 0.370 e. The zero-order valence-electron chi connectivity index (χ0n) is 13.9. The summed E-state index contributed by atoms with van der Waals surface area (Å²) in [6.07, 6.45) is 4.99. The van der Waals surface area contributed by atoms with Gasteiger partial charge in [0.15, 0.2) is 0 Å². The highest BCUT2D eigenvalue weighted by Crippen LogP contribution is 2.13. The molecule has 22 heavy (non-hydrogen) atoms. The van der Waals surface area contributed by atoms with Crippen LogP contribution in [-0.4, -0.2) is 34.5 Å². The molecule has 0 bridgehead atoms. The first-order valence-corrected chi connectivity index (χ1v) is 10.6. The van der Waals surface area contributed by atoms with Crippen molar-refractivity contribution in [2.45, 2.75) is 46.0 Å². The van der Waals surface area contributed by atoms with Crippen molar-refractivity contribution < 1.29 is 13.3 Å². The number of rotatable bonds is 13. The van der Waals surface area contributed by atoms with Gasteiger partial charge in [-0.2, -0.15) is 0 Å². The fourth-order valence-corrected chi connectivity index (χ4v) is 4.97. The third-order valence-electron chi connectivity index (χ3n) is 3.19. The van der Waals surface area contributed by atoms with Crippen LogP contribution in [0.1, 0.15) is 46.0 Å². The lowest BCUT2D eigenvalue weighted by atomic mass is 10.3. The molecule has 0 radical (unpaired) electrons. The van der Waals surface area contributed by atoms with Crippen LogP contribution in [0, 0.1) is 0 Å². The van der Waals surface area contributed by atoms with Crippen LogP contribution >= 0.6 is 11.6 Å². The zero-order chi connectivity index (χ0) is 16.1. The van der Waals surface area contributed by atoms with Gasteiger partial charge in [0, 0.05) is 30.9 Å². The topological polar surface area (TPSA) is 27.7 Å². The summed E-state index contributed by atoms with van der Waals surface area (Å²) < 4.78 is 18.5. The van der Waals surface area contributed by atoms with E-state index in [9.17, 15) is 0 Å². The largest absolute Gasteiger partial charge is 0.537 e. The van der Waals surface area contributed by atoms with Crippen LogP contribution in [0.25, 0.3) is 0 Å². The Bertz CT molecular complexity index is 367. The van der Waals surface area contributed by atoms with Crippen LogP contribution in [0.2, 0.25) is 0 Å². The van der Waals surface area contributed by atoms with Crippen molar-refractivity contribution in [2.24, 2.45) is 0 Å². The Morgan fingerprint density at radius 1 is 0.818 bits per heavy atom. The molecule has 3 nitrogen and oxygen atoms in total. The minimum Gasteiger partial charge on any atom is -0.370 e. The maximum Gasteiger partial charge on any atom is 0.537 e. The van der Waals surface area contributed by atoms with Gasteiger partial charge in [-0.25, -0.2) is 0 Å². The molecule has 1 aromatic carbocycles. The van der Waals surface area contributed by atoms with E-state index in [0.717, 1.165) is 37.3 Å². The Balaban J connectivity index is 2.78. The van der Waals surface area contributed by atoms with Gasteiger partial charge in [-0.1, -0.05) is 50.6 Å². The van der Waals surface area contributed by atoms with Gasteiger partial charge in [0.25, 0.3) is 0 Å². The van der Waals surface area contributed by atoms with E-state index < -0.39 is 8.80 Å². The van der Waals surface area contributed by atoms with E-state index in [1.165, 1.54) is 0 Å². The number of unbranched alkanes of at least 4 members (excludes halogenated alkanes) is 2. The van der Waals surface area contributed by atoms with Crippen LogP contribution in [0.5, 0.6) is 0 Å². The van der Waals surface area contributed by atoms with Crippen LogP contribution < -0.4 is 5.19 Å². The summed E-state index contributed by atoms with van der Waals surface area (Å²) >= 11 is 5.72. The average molecular weight is 345 g/mol. The van der Waals surface area contributed by atoms with E-state index in [1.54, 1.807) is 0 Å². The summed E-state index contributed by atoms with van der Waals surface area (Å²) in [6, 6.07) is 10.1. The molecule has 5 heteroatoms. The van der Waals surface area contributed by atoms with Crippen molar-refractivity contribution in [1.29, 1.82) is 0 Å². The summed E-state index contributed by atoms with van der Waals surface area (Å²) in [5, 5.41) is 1.05. The summed E-state index contributed by atoms with van der Waals surface area (Å²) in [5.41, 5.74) is 0. The van der Waals surface area contributed by atoms with Gasteiger partial charge >= 0.3 is 8.80 Å². The molecule has 1 aromatic rings. The number of hydrogen-bond donors (Lipinski definition) is 0. The molecule has 0 aliphatic rings. The number of alkyl halides is 1. The van der Waals surface area contributed by atoms with Crippen LogP contribution in [0.15, 0.2) is 30.3 Å². The summed E-state index contributed by atoms with van der Waals surface area (Å²) in [4.78, 5) is 0. The molecular weight excluding hydrogens is 316 g/mol. The van der Waals surface area contributed by atoms with E-state index in [0.29, 0.717) is 25.7 Å². The van der Waals surface area contributed by atoms with Crippen molar-refractivity contribution in [3.05, 3.63) is 30.3 Å². The van der Waals surface area contributed by atoms with Crippen LogP contribution in [0.3, 0.4) is 0 Å². The van der Waals surface area contributed by atoms with Gasteiger partial charge in [-0.05, 0) is 25.7 Å². The molecular formula is C17H29ClO3Si. The predicted octanol–water partition coefficient (Wildman–Crippen LogP) is 4.11. The molecule has 0 amide bonds. The van der Waals surface area contributed by atoms with Gasteiger partial charge < -0.3 is 13.3 Å². The minimum absolute atomic E-state index is 0.658. The lowest BCUT2D eigenvalue weighted by Gasteiger charge is -2.30. The lowest BCUT2D eigenvalue weighted by molar-refractivity contribution is 0.0718. The van der Waals surface area contributed by atoms with Gasteiger partial charge in [0.1, 0.15) is 0 Å². The standard InChI is InChI=1S/C17H29ClO3Si/c1-3-14-19-22(20-15-4-2,17-11-7-5-8-12-17)21-16-10-6-9-13-18/h5,7-8,11-12H,3-4,6,9-10,13-16H2,1-2H3. The van der Waals surface area contributed by atoms with Crippen molar-refractivity contribution in [3.8, 4) is 0 Å². The Kier molecular flexibility index (Phi) is 10.8. The van der Waals surface area contributed by atoms with E-state index in [1.807, 2.05) is 18.2 Å². The predicted molar refractivity (Wildman–Crippen MR) is 94.8 cm³/mol. The van der Waals surface area contributed by atoms with Crippen LogP contribution in [-0.2, 0) is 13.3 Å². The molecule has 0 N–H and O–H groups in total. The maximum atomic E-state index is 6.22. The number of halogens is 1. The molecule has 0 aliphatic heterocycles. The summed E-state index contributed by atoms with van der Waals surface area (Å²) in [6.45, 7) is 6.18. The Morgan fingerprint density at radius 2 is 1.41 bits per heavy atom. The summed E-state index contributed by atoms with van der Waals surface area (Å²) in [5.74, 6) is 0.708. The zero-order valence-corrected chi connectivity index (χ0v) is 15.6. The SMILES string of the molecule is CCCO[Si](OCCC)(OCCCCCCl)c1ccccc1. The van der Waals surface area contributed by atoms with Crippen molar-refractivity contribution in [3.63, 3.8) is 0 Å². The molecule has 0 heterocycles. The third kappa shape index (κ3) is 6.80. The Morgan fingerprint density at radius 3 is 1.95 bits per heavy atom. The molecule has 0 fully saturated rings. The maximum absolute atomic E-state index is 6.22. The first kappa shape index (κ1) is 19.7. The fourth-order valence-electron chi connectivity index (χ4n) is 2.07. The molecule has 0 atom stereocenters. The molecule has 0 saturated carbocycles. The van der Waals surface area contributed by atoms with Crippen LogP contribution in [0.4, 0.5) is 0 Å². The molecule has 0 aliphatic carbocycles. The molecule has 0 unspecified atom stereocenters. The molecule has 1 rings (SSSR count). The Labute approximate surface area is 141 Å². The number of benzene rings is 1. The van der Waals surface area contributed by atoms with Crippen molar-refractivity contribution >= 4 is 25.6 Å². The Hall–Kier alpha value is -0.393. The van der Waals surface area contributed by atoms with E-state index in [4.69, 9.17) is 24.9 Å². The summed E-state index contributed by atoms with van der Waals surface area (Å²) in [7, 11) is -2.81. The second kappa shape index (κ2) is 12.1. The normalized spacial score (nSPS) is 11.8. The van der Waals surface area contributed by atoms with E-state index in [-0.39, 0.29) is 0 Å². The number of hydrogen-bond acceptors (Lipinski definition) is 3. The first-order valence-electron chi connectivity index (χ1n) is 8.32. The van der Waals surface area contributed by atoms with Gasteiger partial charge in [-0.3, -0.25) is 0 Å². The molecule has 126 valence electrons. The fraction of sp³-hybridized carbons (Fsp3) is 0.647. The highest BCUT2D eigenvalue weighted by atomic mass is 35.5. The van der Waals surface area contributed by atoms with Crippen molar-refractivity contribution in [1.82, 2.24) is 0 Å². The average Bonchev–Trinajstić information content (AvgIpc) is 2.57. The first-order chi connectivity index (χ1) is 10.8. The van der Waals surface area contributed by atoms with Crippen molar-refractivity contribution in [2.75, 3.05) is 25.7 Å². The van der Waals surface area contributed by atoms with Gasteiger partial charge in [0.2, 0.25) is 0 Å². The van der Waals surface area contributed by atoms with Gasteiger partial charge in [-0.15, -0.1) is 11.6 Å². The third-order valence-corrected chi connectivity index (χ3v) is 6.25. The highest BCUT2D eigenvalue weighted by Gasteiger charge is 2.43. The minimum atomic E-state index is -2.81. The lowest BCUT2D eigenvalue weighted by Crippen LogP contribution is -2.57. The highest BCUT2D eigenvalue weighted by molar-refractivity contribution is 6.75. The quantitative estimate of drug-likeness (QED) is 0.306. The second-order valence-electron chi connectivity index (χ2n) is 5.22. The van der Waals surface area contributed by atoms with Gasteiger partial charge in [0.05, 0.1) is 0 Å². The monoisotopic (exact) mass is 344 g/mol. The molecule has 0 spiro atoms. The van der Waals surface area contributed by atoms with E-state index >= 15 is 0 Å². The second-order valence-corrected chi connectivity index (χ2v) is 8.15.